The van der Waals surface area contributed by atoms with Crippen LogP contribution >= 0.6 is 15.9 Å². The Kier molecular flexibility index (Phi) is 3.75. The summed E-state index contributed by atoms with van der Waals surface area (Å²) in [6.07, 6.45) is 0. The van der Waals surface area contributed by atoms with Gasteiger partial charge in [-0.15, -0.1) is 0 Å². The molecule has 0 saturated heterocycles. The molecule has 1 heterocycles. The van der Waals surface area contributed by atoms with Crippen LogP contribution in [0.5, 0.6) is 11.5 Å². The van der Waals surface area contributed by atoms with Crippen molar-refractivity contribution in [3.63, 3.8) is 0 Å². The molecule has 1 aliphatic heterocycles. The average molecular weight is 437 g/mol. The second-order valence-corrected chi connectivity index (χ2v) is 8.38. The zero-order valence-corrected chi connectivity index (χ0v) is 17.2. The van der Waals surface area contributed by atoms with Gasteiger partial charge in [0.25, 0.3) is 0 Å². The molecular formula is C27H17BrO. The quantitative estimate of drug-likeness (QED) is 0.237. The van der Waals surface area contributed by atoms with E-state index in [0.29, 0.717) is 0 Å². The average Bonchev–Trinajstić information content (AvgIpc) is 2.78. The molecule has 1 atom stereocenters. The molecule has 0 amide bonds. The Morgan fingerprint density at radius 1 is 0.621 bits per heavy atom. The molecule has 0 saturated carbocycles. The highest BCUT2D eigenvalue weighted by Crippen LogP contribution is 2.53. The van der Waals surface area contributed by atoms with Crippen LogP contribution in [0.2, 0.25) is 0 Å². The lowest BCUT2D eigenvalue weighted by Gasteiger charge is -2.31. The van der Waals surface area contributed by atoms with Crippen molar-refractivity contribution in [3.8, 4) is 11.5 Å². The van der Waals surface area contributed by atoms with Gasteiger partial charge in [0.15, 0.2) is 0 Å². The fourth-order valence-corrected chi connectivity index (χ4v) is 5.06. The SMILES string of the molecule is Brc1cccc(C2c3ccccc3Oc3c2c2ccccc2c2ccccc32)c1. The van der Waals surface area contributed by atoms with E-state index in [1.807, 2.05) is 6.07 Å². The fraction of sp³-hybridized carbons (Fsp3) is 0.0370. The summed E-state index contributed by atoms with van der Waals surface area (Å²) in [6.45, 7) is 0. The molecule has 0 aliphatic carbocycles. The van der Waals surface area contributed by atoms with Crippen molar-refractivity contribution < 1.29 is 4.74 Å². The van der Waals surface area contributed by atoms with E-state index in [2.05, 4.69) is 107 Å². The number of para-hydroxylation sites is 1. The van der Waals surface area contributed by atoms with Gasteiger partial charge in [-0.1, -0.05) is 94.8 Å². The third-order valence-corrected chi connectivity index (χ3v) is 6.33. The summed E-state index contributed by atoms with van der Waals surface area (Å²) in [6, 6.07) is 34.3. The van der Waals surface area contributed by atoms with E-state index in [-0.39, 0.29) is 5.92 Å². The molecule has 5 aromatic carbocycles. The van der Waals surface area contributed by atoms with Crippen molar-refractivity contribution in [1.29, 1.82) is 0 Å². The zero-order chi connectivity index (χ0) is 19.4. The monoisotopic (exact) mass is 436 g/mol. The molecule has 6 rings (SSSR count). The van der Waals surface area contributed by atoms with Crippen molar-refractivity contribution >= 4 is 37.5 Å². The number of benzene rings is 5. The molecule has 29 heavy (non-hydrogen) atoms. The van der Waals surface area contributed by atoms with Gasteiger partial charge in [-0.05, 0) is 39.9 Å². The number of halogens is 1. The third-order valence-electron chi connectivity index (χ3n) is 5.84. The van der Waals surface area contributed by atoms with Crippen LogP contribution in [-0.4, -0.2) is 0 Å². The number of ether oxygens (including phenoxy) is 1. The Hall–Kier alpha value is -3.10. The van der Waals surface area contributed by atoms with E-state index in [0.717, 1.165) is 21.4 Å². The highest BCUT2D eigenvalue weighted by Gasteiger charge is 2.32. The number of fused-ring (bicyclic) bond motifs is 7. The van der Waals surface area contributed by atoms with Crippen molar-refractivity contribution in [2.45, 2.75) is 5.92 Å². The molecule has 138 valence electrons. The second-order valence-electron chi connectivity index (χ2n) is 7.46. The first-order valence-electron chi connectivity index (χ1n) is 9.77. The largest absolute Gasteiger partial charge is 0.456 e. The highest BCUT2D eigenvalue weighted by atomic mass is 79.9. The van der Waals surface area contributed by atoms with Crippen LogP contribution in [0.1, 0.15) is 22.6 Å². The van der Waals surface area contributed by atoms with Crippen LogP contribution < -0.4 is 4.74 Å². The summed E-state index contributed by atoms with van der Waals surface area (Å²) in [5.41, 5.74) is 3.71. The van der Waals surface area contributed by atoms with Gasteiger partial charge in [-0.3, -0.25) is 0 Å². The second kappa shape index (κ2) is 6.47. The van der Waals surface area contributed by atoms with Crippen LogP contribution in [0.25, 0.3) is 21.5 Å². The minimum atomic E-state index is 0.113. The van der Waals surface area contributed by atoms with Gasteiger partial charge >= 0.3 is 0 Å². The van der Waals surface area contributed by atoms with Crippen molar-refractivity contribution in [2.75, 3.05) is 0 Å². The lowest BCUT2D eigenvalue weighted by Crippen LogP contribution is -2.12. The van der Waals surface area contributed by atoms with Crippen LogP contribution in [0, 0.1) is 0 Å². The Labute approximate surface area is 177 Å². The minimum Gasteiger partial charge on any atom is -0.456 e. The molecule has 0 spiro atoms. The lowest BCUT2D eigenvalue weighted by atomic mass is 9.79. The Bertz CT molecular complexity index is 1400. The molecule has 0 fully saturated rings. The van der Waals surface area contributed by atoms with Crippen molar-refractivity contribution in [2.24, 2.45) is 0 Å². The molecule has 1 unspecified atom stereocenters. The maximum atomic E-state index is 6.57. The van der Waals surface area contributed by atoms with Gasteiger partial charge in [0.1, 0.15) is 11.5 Å². The van der Waals surface area contributed by atoms with Gasteiger partial charge < -0.3 is 4.74 Å². The maximum Gasteiger partial charge on any atom is 0.140 e. The summed E-state index contributed by atoms with van der Waals surface area (Å²) >= 11 is 3.67. The van der Waals surface area contributed by atoms with Gasteiger partial charge in [-0.2, -0.15) is 0 Å². The van der Waals surface area contributed by atoms with Crippen LogP contribution in [0.15, 0.2) is 102 Å². The van der Waals surface area contributed by atoms with Crippen molar-refractivity contribution in [3.05, 3.63) is 118 Å². The summed E-state index contributed by atoms with van der Waals surface area (Å²) in [4.78, 5) is 0. The normalized spacial score (nSPS) is 15.0. The fourth-order valence-electron chi connectivity index (χ4n) is 4.64. The van der Waals surface area contributed by atoms with E-state index in [4.69, 9.17) is 4.74 Å². The molecule has 0 radical (unpaired) electrons. The zero-order valence-electron chi connectivity index (χ0n) is 15.6. The minimum absolute atomic E-state index is 0.113. The van der Waals surface area contributed by atoms with Gasteiger partial charge in [0.05, 0.1) is 0 Å². The van der Waals surface area contributed by atoms with Crippen LogP contribution in [0.3, 0.4) is 0 Å². The predicted molar refractivity (Wildman–Crippen MR) is 123 cm³/mol. The predicted octanol–water partition coefficient (Wildman–Crippen LogP) is 8.04. The van der Waals surface area contributed by atoms with E-state index in [1.54, 1.807) is 0 Å². The molecular weight excluding hydrogens is 420 g/mol. The summed E-state index contributed by atoms with van der Waals surface area (Å²) < 4.78 is 7.66. The van der Waals surface area contributed by atoms with E-state index < -0.39 is 0 Å². The lowest BCUT2D eigenvalue weighted by molar-refractivity contribution is 0.460. The smallest absolute Gasteiger partial charge is 0.140 e. The van der Waals surface area contributed by atoms with Crippen LogP contribution in [-0.2, 0) is 0 Å². The molecule has 0 aromatic heterocycles. The number of hydrogen-bond donors (Lipinski definition) is 0. The first-order valence-corrected chi connectivity index (χ1v) is 10.6. The topological polar surface area (TPSA) is 9.23 Å². The molecule has 1 aliphatic rings. The number of hydrogen-bond acceptors (Lipinski definition) is 1. The summed E-state index contributed by atoms with van der Waals surface area (Å²) in [5.74, 6) is 2.02. The summed E-state index contributed by atoms with van der Waals surface area (Å²) in [7, 11) is 0. The summed E-state index contributed by atoms with van der Waals surface area (Å²) in [5, 5.41) is 4.91. The van der Waals surface area contributed by atoms with Crippen molar-refractivity contribution in [1.82, 2.24) is 0 Å². The van der Waals surface area contributed by atoms with E-state index in [9.17, 15) is 0 Å². The highest BCUT2D eigenvalue weighted by molar-refractivity contribution is 9.10. The standard InChI is InChI=1S/C27H17BrO/c28-18-9-7-8-17(16-18)25-23-14-5-6-15-24(23)29-27-22-13-4-2-11-20(22)19-10-1-3-12-21(19)26(25)27/h1-16,25H. The van der Waals surface area contributed by atoms with E-state index >= 15 is 0 Å². The first-order chi connectivity index (χ1) is 14.3. The molecule has 1 nitrogen and oxygen atoms in total. The third kappa shape index (κ3) is 2.53. The van der Waals surface area contributed by atoms with Gasteiger partial charge in [0.2, 0.25) is 0 Å². The Balaban J connectivity index is 1.80. The maximum absolute atomic E-state index is 6.57. The molecule has 5 aromatic rings. The first kappa shape index (κ1) is 16.8. The van der Waals surface area contributed by atoms with Gasteiger partial charge in [0, 0.05) is 26.9 Å². The molecule has 0 N–H and O–H groups in total. The van der Waals surface area contributed by atoms with Crippen LogP contribution in [0.4, 0.5) is 0 Å². The number of rotatable bonds is 1. The van der Waals surface area contributed by atoms with Gasteiger partial charge in [-0.25, -0.2) is 0 Å². The Morgan fingerprint density at radius 2 is 1.28 bits per heavy atom. The molecule has 0 bridgehead atoms. The Morgan fingerprint density at radius 3 is 2.07 bits per heavy atom. The molecule has 2 heteroatoms. The van der Waals surface area contributed by atoms with E-state index in [1.165, 1.54) is 32.8 Å².